The van der Waals surface area contributed by atoms with Gasteiger partial charge in [-0.2, -0.15) is 5.10 Å². The van der Waals surface area contributed by atoms with Gasteiger partial charge < -0.3 is 4.90 Å². The number of fused-ring (bicyclic) bond motifs is 2. The van der Waals surface area contributed by atoms with E-state index >= 15 is 0 Å². The summed E-state index contributed by atoms with van der Waals surface area (Å²) in [5, 5.41) is 6.45. The van der Waals surface area contributed by atoms with Crippen molar-refractivity contribution >= 4 is 23.4 Å². The van der Waals surface area contributed by atoms with E-state index in [1.54, 1.807) is 10.6 Å². The molecule has 9 nitrogen and oxygen atoms in total. The number of aromatic nitrogens is 3. The van der Waals surface area contributed by atoms with Gasteiger partial charge in [0.25, 0.3) is 5.91 Å². The van der Waals surface area contributed by atoms with Gasteiger partial charge in [-0.25, -0.2) is 13.9 Å². The lowest BCUT2D eigenvalue weighted by molar-refractivity contribution is -0.136. The molecule has 35 heavy (non-hydrogen) atoms. The maximum atomic E-state index is 14.6. The van der Waals surface area contributed by atoms with E-state index in [4.69, 9.17) is 0 Å². The highest BCUT2D eigenvalue weighted by atomic mass is 19.1. The van der Waals surface area contributed by atoms with Crippen molar-refractivity contribution in [3.05, 3.63) is 64.9 Å². The summed E-state index contributed by atoms with van der Waals surface area (Å²) in [5.74, 6) is -1.40. The first kappa shape index (κ1) is 21.8. The molecule has 180 valence electrons. The van der Waals surface area contributed by atoms with E-state index in [1.165, 1.54) is 22.9 Å². The molecular formula is C25H25FN6O3. The van der Waals surface area contributed by atoms with Gasteiger partial charge in [0.05, 0.1) is 0 Å². The van der Waals surface area contributed by atoms with Crippen LogP contribution in [0.5, 0.6) is 0 Å². The first-order valence-corrected chi connectivity index (χ1v) is 11.9. The molecular weight excluding hydrogens is 451 g/mol. The summed E-state index contributed by atoms with van der Waals surface area (Å²) >= 11 is 0. The fourth-order valence-electron chi connectivity index (χ4n) is 5.63. The number of piperidine rings is 2. The molecule has 0 bridgehead atoms. The zero-order valence-electron chi connectivity index (χ0n) is 19.1. The number of benzene rings is 1. The van der Waals surface area contributed by atoms with Crippen molar-refractivity contribution < 1.29 is 18.8 Å². The lowest BCUT2D eigenvalue weighted by atomic mass is 9.85. The molecule has 1 N–H and O–H groups in total. The highest BCUT2D eigenvalue weighted by molar-refractivity contribution is 6.05. The topological polar surface area (TPSA) is 99.9 Å². The number of carbonyl (C=O) groups excluding carboxylic acids is 3. The molecule has 5 heterocycles. The highest BCUT2D eigenvalue weighted by Crippen LogP contribution is 2.38. The van der Waals surface area contributed by atoms with Crippen LogP contribution in [0.1, 0.15) is 58.6 Å². The second kappa shape index (κ2) is 8.53. The van der Waals surface area contributed by atoms with Crippen molar-refractivity contribution in [3.63, 3.8) is 0 Å². The van der Waals surface area contributed by atoms with Gasteiger partial charge in [-0.1, -0.05) is 0 Å². The smallest absolute Gasteiger partial charge is 0.255 e. The number of halogens is 1. The molecule has 2 aromatic heterocycles. The fourth-order valence-corrected chi connectivity index (χ4v) is 5.63. The summed E-state index contributed by atoms with van der Waals surface area (Å²) in [4.78, 5) is 45.1. The Morgan fingerprint density at radius 1 is 1.09 bits per heavy atom. The molecule has 0 saturated carbocycles. The average Bonchev–Trinajstić information content (AvgIpc) is 3.44. The van der Waals surface area contributed by atoms with Gasteiger partial charge in [0, 0.05) is 31.3 Å². The standard InChI is InChI=1S/C25H25FN6O3/c26-17-10-18(20-13-31(25(35)19(20)11-17)21-1-2-23(33)29-24(21)34)16-4-6-30(7-5-16)12-15-3-8-32-22(9-15)27-14-28-32/h3,8-11,14,16,21H,1-2,4-7,12-13H2,(H,29,33,34). The minimum atomic E-state index is -0.701. The molecule has 1 atom stereocenters. The zero-order chi connectivity index (χ0) is 24.1. The van der Waals surface area contributed by atoms with Gasteiger partial charge in [0.15, 0.2) is 5.65 Å². The predicted octanol–water partition coefficient (Wildman–Crippen LogP) is 2.01. The quantitative estimate of drug-likeness (QED) is 0.579. The largest absolute Gasteiger partial charge is 0.322 e. The number of nitrogens with one attached hydrogen (secondary N) is 1. The summed E-state index contributed by atoms with van der Waals surface area (Å²) < 4.78 is 16.3. The van der Waals surface area contributed by atoms with Crippen LogP contribution in [0.15, 0.2) is 36.8 Å². The molecule has 3 aliphatic rings. The second-order valence-corrected chi connectivity index (χ2v) is 9.57. The minimum Gasteiger partial charge on any atom is -0.322 e. The van der Waals surface area contributed by atoms with Crippen molar-refractivity contribution in [1.82, 2.24) is 29.7 Å². The molecule has 1 aromatic carbocycles. The van der Waals surface area contributed by atoms with E-state index in [0.29, 0.717) is 12.0 Å². The maximum absolute atomic E-state index is 14.6. The van der Waals surface area contributed by atoms with E-state index in [0.717, 1.165) is 49.2 Å². The van der Waals surface area contributed by atoms with Gasteiger partial charge in [-0.15, -0.1) is 0 Å². The molecule has 0 radical (unpaired) electrons. The molecule has 3 amide bonds. The Kier molecular flexibility index (Phi) is 5.32. The number of amides is 3. The number of nitrogens with zero attached hydrogens (tertiary/aromatic N) is 5. The third-order valence-electron chi connectivity index (χ3n) is 7.43. The van der Waals surface area contributed by atoms with Gasteiger partial charge in [0.2, 0.25) is 11.8 Å². The number of carbonyl (C=O) groups is 3. The Labute approximate surface area is 200 Å². The van der Waals surface area contributed by atoms with E-state index in [1.807, 2.05) is 18.3 Å². The summed E-state index contributed by atoms with van der Waals surface area (Å²) in [6.07, 6.45) is 5.65. The van der Waals surface area contributed by atoms with Gasteiger partial charge >= 0.3 is 0 Å². The Morgan fingerprint density at radius 2 is 1.91 bits per heavy atom. The number of imide groups is 1. The summed E-state index contributed by atoms with van der Waals surface area (Å²) in [7, 11) is 0. The van der Waals surface area contributed by atoms with Gasteiger partial charge in [-0.05, 0) is 79.2 Å². The Bertz CT molecular complexity index is 1350. The Morgan fingerprint density at radius 3 is 2.71 bits per heavy atom. The molecule has 10 heteroatoms. The molecule has 3 aromatic rings. The molecule has 2 saturated heterocycles. The normalized spacial score (nSPS) is 21.6. The van der Waals surface area contributed by atoms with Crippen LogP contribution in [0.2, 0.25) is 0 Å². The fraction of sp³-hybridized carbons (Fsp3) is 0.400. The van der Waals surface area contributed by atoms with Crippen LogP contribution in [-0.2, 0) is 22.7 Å². The van der Waals surface area contributed by atoms with E-state index in [9.17, 15) is 18.8 Å². The van der Waals surface area contributed by atoms with Crippen LogP contribution >= 0.6 is 0 Å². The molecule has 3 aliphatic heterocycles. The summed E-state index contributed by atoms with van der Waals surface area (Å²) in [6, 6.07) is 6.21. The molecule has 0 aliphatic carbocycles. The molecule has 0 spiro atoms. The van der Waals surface area contributed by atoms with Crippen LogP contribution < -0.4 is 5.32 Å². The SMILES string of the molecule is O=C1CCC(N2Cc3c(cc(F)cc3C3CCN(Cc4ccn5ncnc5c4)CC3)C2=O)C(=O)N1. The van der Waals surface area contributed by atoms with Crippen LogP contribution in [0.3, 0.4) is 0 Å². The number of likely N-dealkylation sites (tertiary alicyclic amines) is 1. The van der Waals surface area contributed by atoms with E-state index < -0.39 is 17.8 Å². The summed E-state index contributed by atoms with van der Waals surface area (Å²) in [6.45, 7) is 2.80. The lowest BCUT2D eigenvalue weighted by Crippen LogP contribution is -2.52. The monoisotopic (exact) mass is 476 g/mol. The van der Waals surface area contributed by atoms with Crippen molar-refractivity contribution in [3.8, 4) is 0 Å². The van der Waals surface area contributed by atoms with Crippen molar-refractivity contribution in [2.75, 3.05) is 13.1 Å². The number of pyridine rings is 1. The van der Waals surface area contributed by atoms with E-state index in [-0.39, 0.29) is 30.7 Å². The molecule has 6 rings (SSSR count). The minimum absolute atomic E-state index is 0.143. The third-order valence-corrected chi connectivity index (χ3v) is 7.43. The van der Waals surface area contributed by atoms with Gasteiger partial charge in [-0.3, -0.25) is 24.6 Å². The third kappa shape index (κ3) is 3.97. The first-order chi connectivity index (χ1) is 17.0. The Balaban J connectivity index is 1.17. The predicted molar refractivity (Wildman–Crippen MR) is 123 cm³/mol. The number of rotatable bonds is 4. The van der Waals surface area contributed by atoms with Crippen molar-refractivity contribution in [1.29, 1.82) is 0 Å². The van der Waals surface area contributed by atoms with Gasteiger partial charge in [0.1, 0.15) is 18.2 Å². The first-order valence-electron chi connectivity index (χ1n) is 11.9. The summed E-state index contributed by atoms with van der Waals surface area (Å²) in [5.41, 5.74) is 4.01. The average molecular weight is 477 g/mol. The van der Waals surface area contributed by atoms with Crippen molar-refractivity contribution in [2.45, 2.75) is 50.7 Å². The van der Waals surface area contributed by atoms with Crippen LogP contribution in [0, 0.1) is 5.82 Å². The Hall–Kier alpha value is -3.66. The van der Waals surface area contributed by atoms with Crippen molar-refractivity contribution in [2.24, 2.45) is 0 Å². The van der Waals surface area contributed by atoms with E-state index in [2.05, 4.69) is 20.3 Å². The van der Waals surface area contributed by atoms with Crippen LogP contribution in [-0.4, -0.2) is 61.3 Å². The maximum Gasteiger partial charge on any atom is 0.255 e. The number of hydrogen-bond acceptors (Lipinski definition) is 6. The zero-order valence-corrected chi connectivity index (χ0v) is 19.1. The molecule has 1 unspecified atom stereocenters. The lowest BCUT2D eigenvalue weighted by Gasteiger charge is -2.33. The number of hydrogen-bond donors (Lipinski definition) is 1. The molecule has 2 fully saturated rings. The van der Waals surface area contributed by atoms with Crippen LogP contribution in [0.4, 0.5) is 4.39 Å². The highest BCUT2D eigenvalue weighted by Gasteiger charge is 2.41. The second-order valence-electron chi connectivity index (χ2n) is 9.57. The van der Waals surface area contributed by atoms with Crippen LogP contribution in [0.25, 0.3) is 5.65 Å².